The molecule has 0 bridgehead atoms. The maximum Gasteiger partial charge on any atom is 0.233 e. The number of rotatable bonds is 7. The highest BCUT2D eigenvalue weighted by atomic mass is 32.2. The molecule has 6 nitrogen and oxygen atoms in total. The normalized spacial score (nSPS) is 16.2. The molecule has 2 aromatic rings. The van der Waals surface area contributed by atoms with Crippen LogP contribution in [0.25, 0.3) is 11.4 Å². The quantitative estimate of drug-likeness (QED) is 0.596. The Labute approximate surface area is 158 Å². The van der Waals surface area contributed by atoms with Crippen molar-refractivity contribution in [1.29, 1.82) is 0 Å². The van der Waals surface area contributed by atoms with E-state index in [1.807, 2.05) is 23.6 Å². The molecule has 138 valence electrons. The van der Waals surface area contributed by atoms with E-state index >= 15 is 0 Å². The lowest BCUT2D eigenvalue weighted by Crippen LogP contribution is -2.40. The monoisotopic (exact) mass is 371 g/mol. The lowest BCUT2D eigenvalue weighted by molar-refractivity contribution is -0.121. The van der Waals surface area contributed by atoms with Crippen LogP contribution in [0.4, 0.5) is 0 Å². The molecule has 1 aliphatic carbocycles. The van der Waals surface area contributed by atoms with Crippen LogP contribution in [0.3, 0.4) is 0 Å². The number of carbonyl (C=O) groups is 1. The fraction of sp³-hybridized carbons (Fsp3) is 0.474. The third kappa shape index (κ3) is 4.52. The minimum absolute atomic E-state index is 0.0676. The maximum absolute atomic E-state index is 12.5. The molecule has 2 heterocycles. The minimum Gasteiger partial charge on any atom is -0.352 e. The Hall–Kier alpha value is -2.15. The van der Waals surface area contributed by atoms with Gasteiger partial charge in [0.2, 0.25) is 5.91 Å². The average molecular weight is 372 g/mol. The van der Waals surface area contributed by atoms with Gasteiger partial charge in [0.05, 0.1) is 5.25 Å². The van der Waals surface area contributed by atoms with Crippen molar-refractivity contribution in [2.24, 2.45) is 0 Å². The molecular weight excluding hydrogens is 346 g/mol. The Bertz CT molecular complexity index is 740. The number of hydrogen-bond acceptors (Lipinski definition) is 5. The van der Waals surface area contributed by atoms with Crippen LogP contribution in [0.5, 0.6) is 0 Å². The van der Waals surface area contributed by atoms with Crippen LogP contribution in [0.15, 0.2) is 42.3 Å². The Morgan fingerprint density at radius 1 is 1.42 bits per heavy atom. The van der Waals surface area contributed by atoms with Gasteiger partial charge in [-0.2, -0.15) is 0 Å². The van der Waals surface area contributed by atoms with Crippen molar-refractivity contribution >= 4 is 17.7 Å². The number of hydrogen-bond donors (Lipinski definition) is 1. The summed E-state index contributed by atoms with van der Waals surface area (Å²) in [6, 6.07) is 4.14. The Balaban J connectivity index is 1.71. The first-order valence-corrected chi connectivity index (χ1v) is 9.98. The van der Waals surface area contributed by atoms with Gasteiger partial charge in [-0.3, -0.25) is 14.3 Å². The second-order valence-electron chi connectivity index (χ2n) is 6.55. The highest BCUT2D eigenvalue weighted by Crippen LogP contribution is 2.27. The SMILES string of the molecule is C=CCn1c(S[C@@H](C)C(=O)NC2CCCCC2)nnc1-c1cccnc1. The summed E-state index contributed by atoms with van der Waals surface area (Å²) in [6.07, 6.45) is 11.1. The minimum atomic E-state index is -0.230. The lowest BCUT2D eigenvalue weighted by Gasteiger charge is -2.24. The lowest BCUT2D eigenvalue weighted by atomic mass is 9.95. The van der Waals surface area contributed by atoms with Gasteiger partial charge in [-0.25, -0.2) is 0 Å². The number of aromatic nitrogens is 4. The summed E-state index contributed by atoms with van der Waals surface area (Å²) in [5.74, 6) is 0.804. The van der Waals surface area contributed by atoms with E-state index in [1.165, 1.54) is 31.0 Å². The highest BCUT2D eigenvalue weighted by Gasteiger charge is 2.23. The molecule has 3 rings (SSSR count). The first kappa shape index (κ1) is 18.6. The molecule has 0 radical (unpaired) electrons. The van der Waals surface area contributed by atoms with Crippen molar-refractivity contribution in [2.75, 3.05) is 0 Å². The zero-order valence-electron chi connectivity index (χ0n) is 15.1. The summed E-state index contributed by atoms with van der Waals surface area (Å²) in [5.41, 5.74) is 0.896. The molecule has 1 saturated carbocycles. The van der Waals surface area contributed by atoms with Gasteiger partial charge in [0.15, 0.2) is 11.0 Å². The van der Waals surface area contributed by atoms with E-state index in [4.69, 9.17) is 0 Å². The van der Waals surface area contributed by atoms with Crippen molar-refractivity contribution in [2.45, 2.75) is 62.0 Å². The molecule has 1 aliphatic rings. The number of nitrogens with zero attached hydrogens (tertiary/aromatic N) is 4. The van der Waals surface area contributed by atoms with E-state index in [0.717, 1.165) is 29.4 Å². The van der Waals surface area contributed by atoms with Gasteiger partial charge in [0.25, 0.3) is 0 Å². The van der Waals surface area contributed by atoms with Crippen LogP contribution in [0.2, 0.25) is 0 Å². The van der Waals surface area contributed by atoms with Crippen molar-refractivity contribution in [3.8, 4) is 11.4 Å². The number of nitrogens with one attached hydrogen (secondary N) is 1. The van der Waals surface area contributed by atoms with Crippen LogP contribution >= 0.6 is 11.8 Å². The summed E-state index contributed by atoms with van der Waals surface area (Å²) in [7, 11) is 0. The smallest absolute Gasteiger partial charge is 0.233 e. The molecule has 0 unspecified atom stereocenters. The number of amides is 1. The van der Waals surface area contributed by atoms with Crippen molar-refractivity contribution in [3.63, 3.8) is 0 Å². The third-order valence-corrected chi connectivity index (χ3v) is 5.63. The Morgan fingerprint density at radius 3 is 2.92 bits per heavy atom. The van der Waals surface area contributed by atoms with E-state index in [0.29, 0.717) is 12.6 Å². The topological polar surface area (TPSA) is 72.7 Å². The molecule has 7 heteroatoms. The summed E-state index contributed by atoms with van der Waals surface area (Å²) in [5, 5.41) is 12.3. The number of pyridine rings is 1. The molecule has 0 aliphatic heterocycles. The molecule has 1 N–H and O–H groups in total. The predicted molar refractivity (Wildman–Crippen MR) is 104 cm³/mol. The van der Waals surface area contributed by atoms with Crippen LogP contribution in [0.1, 0.15) is 39.0 Å². The van der Waals surface area contributed by atoms with Crippen LogP contribution in [0, 0.1) is 0 Å². The summed E-state index contributed by atoms with van der Waals surface area (Å²) >= 11 is 1.43. The van der Waals surface area contributed by atoms with Crippen LogP contribution < -0.4 is 5.32 Å². The fourth-order valence-corrected chi connectivity index (χ4v) is 4.02. The van der Waals surface area contributed by atoms with Gasteiger partial charge < -0.3 is 5.32 Å². The number of carbonyl (C=O) groups excluding carboxylic acids is 1. The standard InChI is InChI=1S/C19H25N5OS/c1-3-12-24-17(15-8-7-11-20-13-15)22-23-19(24)26-14(2)18(25)21-16-9-5-4-6-10-16/h3,7-8,11,13-14,16H,1,4-6,9-10,12H2,2H3,(H,21,25)/t14-/m0/s1. The predicted octanol–water partition coefficient (Wildman–Crippen LogP) is 3.46. The largest absolute Gasteiger partial charge is 0.352 e. The second kappa shape index (κ2) is 8.98. The van der Waals surface area contributed by atoms with Gasteiger partial charge in [-0.1, -0.05) is 37.1 Å². The number of allylic oxidation sites excluding steroid dienone is 1. The van der Waals surface area contributed by atoms with Gasteiger partial charge in [0, 0.05) is 30.5 Å². The summed E-state index contributed by atoms with van der Waals surface area (Å²) in [4.78, 5) is 16.7. The zero-order valence-corrected chi connectivity index (χ0v) is 15.9. The molecule has 1 amide bonds. The van der Waals surface area contributed by atoms with Gasteiger partial charge >= 0.3 is 0 Å². The summed E-state index contributed by atoms with van der Waals surface area (Å²) < 4.78 is 1.97. The van der Waals surface area contributed by atoms with E-state index in [-0.39, 0.29) is 11.2 Å². The van der Waals surface area contributed by atoms with Gasteiger partial charge in [-0.05, 0) is 31.9 Å². The van der Waals surface area contributed by atoms with E-state index < -0.39 is 0 Å². The Kier molecular flexibility index (Phi) is 6.44. The fourth-order valence-electron chi connectivity index (χ4n) is 3.16. The van der Waals surface area contributed by atoms with E-state index in [9.17, 15) is 4.79 Å². The second-order valence-corrected chi connectivity index (χ2v) is 7.86. The molecule has 0 saturated heterocycles. The molecular formula is C19H25N5OS. The van der Waals surface area contributed by atoms with Crippen molar-refractivity contribution in [1.82, 2.24) is 25.1 Å². The van der Waals surface area contributed by atoms with Gasteiger partial charge in [-0.15, -0.1) is 16.8 Å². The third-order valence-electron chi connectivity index (χ3n) is 4.55. The van der Waals surface area contributed by atoms with Crippen LogP contribution in [-0.4, -0.2) is 36.9 Å². The van der Waals surface area contributed by atoms with E-state index in [1.54, 1.807) is 18.5 Å². The molecule has 0 aromatic carbocycles. The zero-order chi connectivity index (χ0) is 18.4. The molecule has 1 fully saturated rings. The van der Waals surface area contributed by atoms with Crippen LogP contribution in [-0.2, 0) is 11.3 Å². The van der Waals surface area contributed by atoms with Crippen molar-refractivity contribution < 1.29 is 4.79 Å². The van der Waals surface area contributed by atoms with E-state index in [2.05, 4.69) is 27.1 Å². The summed E-state index contributed by atoms with van der Waals surface area (Å²) in [6.45, 7) is 6.32. The Morgan fingerprint density at radius 2 is 2.23 bits per heavy atom. The first-order valence-electron chi connectivity index (χ1n) is 9.10. The molecule has 1 atom stereocenters. The molecule has 2 aromatic heterocycles. The van der Waals surface area contributed by atoms with Crippen molar-refractivity contribution in [3.05, 3.63) is 37.2 Å². The van der Waals surface area contributed by atoms with Gasteiger partial charge in [0.1, 0.15) is 0 Å². The molecule has 26 heavy (non-hydrogen) atoms. The average Bonchev–Trinajstić information content (AvgIpc) is 3.06. The highest BCUT2D eigenvalue weighted by molar-refractivity contribution is 8.00. The first-order chi connectivity index (χ1) is 12.7. The maximum atomic E-state index is 12.5. The number of thioether (sulfide) groups is 1. The molecule has 0 spiro atoms.